The summed E-state index contributed by atoms with van der Waals surface area (Å²) in [4.78, 5) is 0. The lowest BCUT2D eigenvalue weighted by molar-refractivity contribution is 0.182. The molecule has 3 N–H and O–H groups in total. The lowest BCUT2D eigenvalue weighted by atomic mass is 10.1. The molecule has 2 rings (SSSR count). The fourth-order valence-electron chi connectivity index (χ4n) is 2.31. The van der Waals surface area contributed by atoms with Crippen molar-refractivity contribution in [3.05, 3.63) is 29.3 Å². The Morgan fingerprint density at radius 2 is 2.31 bits per heavy atom. The smallest absolute Gasteiger partial charge is 0.119 e. The van der Waals surface area contributed by atoms with Crippen LogP contribution < -0.4 is 5.32 Å². The first-order chi connectivity index (χ1) is 7.68. The number of fused-ring (bicyclic) bond motifs is 1. The second kappa shape index (κ2) is 4.85. The molecule has 0 radical (unpaired) electrons. The first kappa shape index (κ1) is 11.4. The van der Waals surface area contributed by atoms with E-state index in [4.69, 9.17) is 0 Å². The molecule has 2 atom stereocenters. The molecule has 88 valence electrons. The van der Waals surface area contributed by atoms with Crippen LogP contribution in [-0.2, 0) is 6.42 Å². The number of hydrogen-bond acceptors (Lipinski definition) is 3. The van der Waals surface area contributed by atoms with Gasteiger partial charge in [-0.05, 0) is 49.9 Å². The predicted octanol–water partition coefficient (Wildman–Crippen LogP) is 1.74. The van der Waals surface area contributed by atoms with E-state index in [1.165, 1.54) is 5.56 Å². The quantitative estimate of drug-likeness (QED) is 0.726. The fraction of sp³-hybridized carbons (Fsp3) is 0.538. The number of phenols is 1. The van der Waals surface area contributed by atoms with Gasteiger partial charge in [-0.3, -0.25) is 0 Å². The molecule has 0 spiro atoms. The molecule has 1 aliphatic rings. The summed E-state index contributed by atoms with van der Waals surface area (Å²) in [6, 6.07) is 6.04. The maximum Gasteiger partial charge on any atom is 0.119 e. The second-order valence-corrected chi connectivity index (χ2v) is 4.53. The minimum absolute atomic E-state index is 0.252. The molecule has 1 aromatic carbocycles. The van der Waals surface area contributed by atoms with Gasteiger partial charge in [0.15, 0.2) is 0 Å². The number of hydrogen-bond donors (Lipinski definition) is 3. The third kappa shape index (κ3) is 2.36. The molecule has 0 saturated carbocycles. The number of aromatic hydroxyl groups is 1. The highest BCUT2D eigenvalue weighted by Gasteiger charge is 2.23. The number of aliphatic hydroxyl groups is 1. The zero-order valence-corrected chi connectivity index (χ0v) is 9.61. The zero-order chi connectivity index (χ0) is 11.5. The lowest BCUT2D eigenvalue weighted by Crippen LogP contribution is -2.23. The van der Waals surface area contributed by atoms with Gasteiger partial charge < -0.3 is 15.5 Å². The first-order valence-electron chi connectivity index (χ1n) is 5.90. The Bertz CT molecular complexity index is 363. The van der Waals surface area contributed by atoms with E-state index < -0.39 is 0 Å². The largest absolute Gasteiger partial charge is 0.508 e. The monoisotopic (exact) mass is 221 g/mol. The van der Waals surface area contributed by atoms with Crippen LogP contribution in [0.5, 0.6) is 5.75 Å². The lowest BCUT2D eigenvalue weighted by Gasteiger charge is -2.14. The Hall–Kier alpha value is -1.06. The summed E-state index contributed by atoms with van der Waals surface area (Å²) in [5, 5.41) is 22.3. The van der Waals surface area contributed by atoms with Crippen LogP contribution in [0, 0.1) is 0 Å². The van der Waals surface area contributed by atoms with E-state index >= 15 is 0 Å². The van der Waals surface area contributed by atoms with Crippen molar-refractivity contribution < 1.29 is 10.2 Å². The Labute approximate surface area is 96.1 Å². The van der Waals surface area contributed by atoms with Crippen LogP contribution >= 0.6 is 0 Å². The normalized spacial score (nSPS) is 20.8. The van der Waals surface area contributed by atoms with Crippen LogP contribution in [0.2, 0.25) is 0 Å². The molecule has 0 fully saturated rings. The van der Waals surface area contributed by atoms with Gasteiger partial charge in [-0.25, -0.2) is 0 Å². The van der Waals surface area contributed by atoms with E-state index in [0.29, 0.717) is 11.8 Å². The molecule has 0 aromatic heterocycles. The second-order valence-electron chi connectivity index (χ2n) is 4.53. The molecule has 1 aliphatic carbocycles. The van der Waals surface area contributed by atoms with Crippen LogP contribution in [0.4, 0.5) is 0 Å². The molecule has 3 heteroatoms. The zero-order valence-electron chi connectivity index (χ0n) is 9.61. The Kier molecular flexibility index (Phi) is 3.46. The Morgan fingerprint density at radius 1 is 1.50 bits per heavy atom. The summed E-state index contributed by atoms with van der Waals surface area (Å²) in [5.41, 5.74) is 2.29. The van der Waals surface area contributed by atoms with Crippen molar-refractivity contribution in [3.8, 4) is 5.75 Å². The summed E-state index contributed by atoms with van der Waals surface area (Å²) in [6.45, 7) is 2.62. The van der Waals surface area contributed by atoms with Gasteiger partial charge in [0.25, 0.3) is 0 Å². The molecular weight excluding hydrogens is 202 g/mol. The van der Waals surface area contributed by atoms with Crippen molar-refractivity contribution in [2.45, 2.75) is 38.3 Å². The van der Waals surface area contributed by atoms with Crippen LogP contribution in [0.1, 0.15) is 36.9 Å². The molecule has 0 bridgehead atoms. The van der Waals surface area contributed by atoms with Crippen molar-refractivity contribution >= 4 is 0 Å². The van der Waals surface area contributed by atoms with Crippen molar-refractivity contribution in [2.24, 2.45) is 0 Å². The number of aliphatic hydroxyl groups excluding tert-OH is 1. The van der Waals surface area contributed by atoms with Crippen LogP contribution in [0.25, 0.3) is 0 Å². The van der Waals surface area contributed by atoms with E-state index in [-0.39, 0.29) is 6.10 Å². The number of nitrogens with one attached hydrogen (secondary N) is 1. The topological polar surface area (TPSA) is 52.5 Å². The third-order valence-electron chi connectivity index (χ3n) is 3.20. The van der Waals surface area contributed by atoms with Crippen LogP contribution in [-0.4, -0.2) is 22.9 Å². The summed E-state index contributed by atoms with van der Waals surface area (Å²) in [7, 11) is 0. The van der Waals surface area contributed by atoms with Crippen molar-refractivity contribution in [1.82, 2.24) is 5.32 Å². The first-order valence-corrected chi connectivity index (χ1v) is 5.90. The van der Waals surface area contributed by atoms with Crippen LogP contribution in [0.3, 0.4) is 0 Å². The molecule has 3 nitrogen and oxygen atoms in total. The molecule has 0 saturated heterocycles. The Morgan fingerprint density at radius 3 is 3.06 bits per heavy atom. The Balaban J connectivity index is 1.98. The van der Waals surface area contributed by atoms with Gasteiger partial charge in [0.05, 0.1) is 6.10 Å². The molecule has 0 heterocycles. The fourth-order valence-corrected chi connectivity index (χ4v) is 2.31. The van der Waals surface area contributed by atoms with Crippen molar-refractivity contribution in [2.75, 3.05) is 6.54 Å². The molecule has 0 aliphatic heterocycles. The molecule has 2 unspecified atom stereocenters. The van der Waals surface area contributed by atoms with Gasteiger partial charge in [0.2, 0.25) is 0 Å². The van der Waals surface area contributed by atoms with Gasteiger partial charge in [0, 0.05) is 6.04 Å². The highest BCUT2D eigenvalue weighted by molar-refractivity contribution is 5.44. The minimum atomic E-state index is -0.252. The average molecular weight is 221 g/mol. The van der Waals surface area contributed by atoms with E-state index in [2.05, 4.69) is 11.4 Å². The summed E-state index contributed by atoms with van der Waals surface area (Å²) < 4.78 is 0. The van der Waals surface area contributed by atoms with Gasteiger partial charge >= 0.3 is 0 Å². The van der Waals surface area contributed by atoms with E-state index in [1.807, 2.05) is 6.07 Å². The highest BCUT2D eigenvalue weighted by atomic mass is 16.3. The minimum Gasteiger partial charge on any atom is -0.508 e. The molecule has 0 amide bonds. The molecular formula is C13H19NO2. The maximum atomic E-state index is 9.69. The standard InChI is InChI=1S/C13H19NO2/c1-9(15)7-8-14-12-6-5-11-10(12)3-2-4-13(11)16/h2-4,9,12,14-16H,5-8H2,1H3. The van der Waals surface area contributed by atoms with E-state index in [0.717, 1.165) is 31.4 Å². The van der Waals surface area contributed by atoms with Gasteiger partial charge in [-0.2, -0.15) is 0 Å². The highest BCUT2D eigenvalue weighted by Crippen LogP contribution is 2.36. The summed E-state index contributed by atoms with van der Waals surface area (Å²) in [5.74, 6) is 0.414. The van der Waals surface area contributed by atoms with E-state index in [1.54, 1.807) is 13.0 Å². The SMILES string of the molecule is CC(O)CCNC1CCc2c(O)cccc21. The number of rotatable bonds is 4. The predicted molar refractivity (Wildman–Crippen MR) is 63.5 cm³/mol. The van der Waals surface area contributed by atoms with Crippen molar-refractivity contribution in [1.29, 1.82) is 0 Å². The van der Waals surface area contributed by atoms with Gasteiger partial charge in [-0.15, -0.1) is 0 Å². The maximum absolute atomic E-state index is 9.69. The van der Waals surface area contributed by atoms with Gasteiger partial charge in [-0.1, -0.05) is 12.1 Å². The van der Waals surface area contributed by atoms with Gasteiger partial charge in [0.1, 0.15) is 5.75 Å². The number of phenolic OH excluding ortho intramolecular Hbond substituents is 1. The third-order valence-corrected chi connectivity index (χ3v) is 3.20. The summed E-state index contributed by atoms with van der Waals surface area (Å²) >= 11 is 0. The van der Waals surface area contributed by atoms with Crippen molar-refractivity contribution in [3.63, 3.8) is 0 Å². The average Bonchev–Trinajstić information content (AvgIpc) is 2.63. The van der Waals surface area contributed by atoms with E-state index in [9.17, 15) is 10.2 Å². The van der Waals surface area contributed by atoms with Crippen LogP contribution in [0.15, 0.2) is 18.2 Å². The molecule has 1 aromatic rings. The molecule has 16 heavy (non-hydrogen) atoms. The summed E-state index contributed by atoms with van der Waals surface area (Å²) in [6.07, 6.45) is 2.49. The number of benzene rings is 1.